The number of para-hydroxylation sites is 1. The van der Waals surface area contributed by atoms with Crippen molar-refractivity contribution in [3.8, 4) is 5.75 Å². The molecule has 0 spiro atoms. The highest BCUT2D eigenvalue weighted by molar-refractivity contribution is 5.94. The number of aromatic nitrogens is 1. The van der Waals surface area contributed by atoms with Crippen molar-refractivity contribution in [2.24, 2.45) is 0 Å². The van der Waals surface area contributed by atoms with Crippen LogP contribution in [-0.2, 0) is 6.54 Å². The van der Waals surface area contributed by atoms with E-state index in [9.17, 15) is 4.79 Å². The Kier molecular flexibility index (Phi) is 5.49. The number of nitrogens with zero attached hydrogens (tertiary/aromatic N) is 1. The molecule has 0 fully saturated rings. The second-order valence-electron chi connectivity index (χ2n) is 5.95. The zero-order valence-corrected chi connectivity index (χ0v) is 14.8. The van der Waals surface area contributed by atoms with Crippen LogP contribution in [0, 0.1) is 6.92 Å². The summed E-state index contributed by atoms with van der Waals surface area (Å²) >= 11 is 0. The van der Waals surface area contributed by atoms with Gasteiger partial charge in [0.1, 0.15) is 5.75 Å². The number of nitrogens with one attached hydrogen (secondary N) is 2. The van der Waals surface area contributed by atoms with Crippen molar-refractivity contribution in [3.05, 3.63) is 83.7 Å². The first kappa shape index (κ1) is 17.5. The Balaban J connectivity index is 1.67. The van der Waals surface area contributed by atoms with Crippen molar-refractivity contribution in [2.75, 3.05) is 12.4 Å². The molecule has 1 aromatic heterocycles. The summed E-state index contributed by atoms with van der Waals surface area (Å²) in [6.45, 7) is 2.43. The smallest absolute Gasteiger partial charge is 0.253 e. The maximum atomic E-state index is 12.4. The lowest BCUT2D eigenvalue weighted by Crippen LogP contribution is -2.23. The molecule has 0 aliphatic heterocycles. The Morgan fingerprint density at radius 3 is 2.58 bits per heavy atom. The molecule has 26 heavy (non-hydrogen) atoms. The molecule has 0 unspecified atom stereocenters. The molecule has 1 amide bonds. The van der Waals surface area contributed by atoms with Gasteiger partial charge in [0, 0.05) is 24.0 Å². The van der Waals surface area contributed by atoms with Crippen LogP contribution < -0.4 is 15.4 Å². The third-order valence-corrected chi connectivity index (χ3v) is 3.97. The number of ether oxygens (including phenoxy) is 1. The Labute approximate surface area is 153 Å². The lowest BCUT2D eigenvalue weighted by atomic mass is 10.2. The zero-order valence-electron chi connectivity index (χ0n) is 14.8. The molecule has 5 heteroatoms. The molecule has 0 radical (unpaired) electrons. The van der Waals surface area contributed by atoms with E-state index < -0.39 is 0 Å². The van der Waals surface area contributed by atoms with Gasteiger partial charge < -0.3 is 15.4 Å². The highest BCUT2D eigenvalue weighted by Crippen LogP contribution is 2.19. The summed E-state index contributed by atoms with van der Waals surface area (Å²) in [5, 5.41) is 6.16. The minimum atomic E-state index is -0.184. The van der Waals surface area contributed by atoms with Crippen molar-refractivity contribution in [3.63, 3.8) is 0 Å². The van der Waals surface area contributed by atoms with E-state index in [2.05, 4.69) is 15.6 Å². The minimum absolute atomic E-state index is 0.184. The van der Waals surface area contributed by atoms with E-state index in [-0.39, 0.29) is 5.91 Å². The number of hydrogen-bond donors (Lipinski definition) is 2. The number of rotatable bonds is 6. The summed E-state index contributed by atoms with van der Waals surface area (Å²) in [6.07, 6.45) is 3.24. The fraction of sp³-hybridized carbons (Fsp3) is 0.143. The van der Waals surface area contributed by atoms with Crippen molar-refractivity contribution in [1.29, 1.82) is 0 Å². The lowest BCUT2D eigenvalue weighted by Gasteiger charge is -2.11. The van der Waals surface area contributed by atoms with Gasteiger partial charge in [-0.1, -0.05) is 35.9 Å². The monoisotopic (exact) mass is 347 g/mol. The van der Waals surface area contributed by atoms with Crippen molar-refractivity contribution in [2.45, 2.75) is 13.5 Å². The number of aryl methyl sites for hydroxylation is 1. The van der Waals surface area contributed by atoms with Crippen LogP contribution in [-0.4, -0.2) is 18.0 Å². The predicted molar refractivity (Wildman–Crippen MR) is 103 cm³/mol. The predicted octanol–water partition coefficient (Wildman–Crippen LogP) is 4.07. The van der Waals surface area contributed by atoms with Gasteiger partial charge in [-0.15, -0.1) is 0 Å². The molecule has 0 aliphatic rings. The average molecular weight is 347 g/mol. The highest BCUT2D eigenvalue weighted by Gasteiger charge is 2.09. The van der Waals surface area contributed by atoms with Crippen molar-refractivity contribution in [1.82, 2.24) is 10.3 Å². The molecule has 0 saturated carbocycles. The number of anilines is 2. The number of hydrogen-bond acceptors (Lipinski definition) is 4. The third kappa shape index (κ3) is 4.39. The first-order valence-corrected chi connectivity index (χ1v) is 8.34. The second kappa shape index (κ2) is 8.16. The summed E-state index contributed by atoms with van der Waals surface area (Å²) in [5.74, 6) is 0.566. The van der Waals surface area contributed by atoms with Crippen LogP contribution in [0.4, 0.5) is 11.4 Å². The lowest BCUT2D eigenvalue weighted by molar-refractivity contribution is 0.0950. The Morgan fingerprint density at radius 2 is 1.81 bits per heavy atom. The third-order valence-electron chi connectivity index (χ3n) is 3.97. The molecule has 0 saturated heterocycles. The van der Waals surface area contributed by atoms with Crippen molar-refractivity contribution < 1.29 is 9.53 Å². The van der Waals surface area contributed by atoms with Crippen LogP contribution in [0.2, 0.25) is 0 Å². The molecule has 3 rings (SSSR count). The first-order chi connectivity index (χ1) is 12.7. The van der Waals surface area contributed by atoms with E-state index in [1.807, 2.05) is 55.5 Å². The number of carbonyl (C=O) groups excluding carboxylic acids is 1. The van der Waals surface area contributed by atoms with Gasteiger partial charge in [-0.25, -0.2) is 0 Å². The molecule has 0 bridgehead atoms. The fourth-order valence-corrected chi connectivity index (χ4v) is 2.56. The van der Waals surface area contributed by atoms with Crippen LogP contribution in [0.3, 0.4) is 0 Å². The second-order valence-corrected chi connectivity index (χ2v) is 5.95. The van der Waals surface area contributed by atoms with E-state index in [4.69, 9.17) is 4.74 Å². The van der Waals surface area contributed by atoms with Gasteiger partial charge in [0.05, 0.1) is 24.6 Å². The van der Waals surface area contributed by atoms with Gasteiger partial charge in [0.2, 0.25) is 0 Å². The molecule has 3 aromatic rings. The number of amides is 1. The molecule has 0 aliphatic carbocycles. The van der Waals surface area contributed by atoms with Crippen LogP contribution >= 0.6 is 0 Å². The normalized spacial score (nSPS) is 10.2. The summed E-state index contributed by atoms with van der Waals surface area (Å²) in [5.41, 5.74) is 4.32. The van der Waals surface area contributed by atoms with Gasteiger partial charge in [0.25, 0.3) is 5.91 Å². The van der Waals surface area contributed by atoms with Crippen LogP contribution in [0.1, 0.15) is 21.5 Å². The summed E-state index contributed by atoms with van der Waals surface area (Å²) < 4.78 is 5.30. The molecule has 1 heterocycles. The first-order valence-electron chi connectivity index (χ1n) is 8.34. The Hall–Kier alpha value is -3.34. The van der Waals surface area contributed by atoms with Crippen LogP contribution in [0.15, 0.2) is 67.0 Å². The summed E-state index contributed by atoms with van der Waals surface area (Å²) in [7, 11) is 1.62. The number of carbonyl (C=O) groups is 1. The van der Waals surface area contributed by atoms with Gasteiger partial charge in [0.15, 0.2) is 0 Å². The van der Waals surface area contributed by atoms with Gasteiger partial charge >= 0.3 is 0 Å². The molecule has 132 valence electrons. The minimum Gasteiger partial charge on any atom is -0.496 e. The summed E-state index contributed by atoms with van der Waals surface area (Å²) in [6, 6.07) is 17.4. The topological polar surface area (TPSA) is 63.2 Å². The number of methoxy groups -OCH3 is 1. The molecule has 2 N–H and O–H groups in total. The average Bonchev–Trinajstić information content (AvgIpc) is 2.68. The van der Waals surface area contributed by atoms with Crippen molar-refractivity contribution >= 4 is 17.3 Å². The SMILES string of the molecule is COc1ccccc1CNC(=O)c1cncc(Nc2ccc(C)cc2)c1. The molecular weight excluding hydrogens is 326 g/mol. The zero-order chi connectivity index (χ0) is 18.4. The van der Waals surface area contributed by atoms with Gasteiger partial charge in [-0.05, 0) is 31.2 Å². The van der Waals surface area contributed by atoms with E-state index in [0.29, 0.717) is 12.1 Å². The quantitative estimate of drug-likeness (QED) is 0.705. The van der Waals surface area contributed by atoms with Crippen LogP contribution in [0.25, 0.3) is 0 Å². The van der Waals surface area contributed by atoms with Crippen LogP contribution in [0.5, 0.6) is 5.75 Å². The largest absolute Gasteiger partial charge is 0.496 e. The standard InChI is InChI=1S/C21H21N3O2/c1-15-7-9-18(10-8-15)24-19-11-17(12-22-14-19)21(25)23-13-16-5-3-4-6-20(16)26-2/h3-12,14,24H,13H2,1-2H3,(H,23,25). The molecular formula is C21H21N3O2. The Morgan fingerprint density at radius 1 is 1.04 bits per heavy atom. The van der Waals surface area contributed by atoms with Gasteiger partial charge in [-0.2, -0.15) is 0 Å². The molecule has 2 aromatic carbocycles. The van der Waals surface area contributed by atoms with E-state index >= 15 is 0 Å². The number of benzene rings is 2. The maximum absolute atomic E-state index is 12.4. The van der Waals surface area contributed by atoms with E-state index in [1.165, 1.54) is 5.56 Å². The highest BCUT2D eigenvalue weighted by atomic mass is 16.5. The number of pyridine rings is 1. The Bertz CT molecular complexity index is 892. The van der Waals surface area contributed by atoms with Gasteiger partial charge in [-0.3, -0.25) is 9.78 Å². The maximum Gasteiger partial charge on any atom is 0.253 e. The van der Waals surface area contributed by atoms with E-state index in [1.54, 1.807) is 25.6 Å². The molecule has 0 atom stereocenters. The molecule has 5 nitrogen and oxygen atoms in total. The van der Waals surface area contributed by atoms with E-state index in [0.717, 1.165) is 22.7 Å². The fourth-order valence-electron chi connectivity index (χ4n) is 2.56. The summed E-state index contributed by atoms with van der Waals surface area (Å²) in [4.78, 5) is 16.6.